The molecule has 0 amide bonds. The SMILES string of the molecule is CC1=CC[C]([Zr+2][CH]2C(n3cnc4ccccc43)=Cc3ccccc32)=C1C.[Cl-].[Cl-]. The molecule has 0 spiro atoms. The normalized spacial score (nSPS) is 17.4. The van der Waals surface area contributed by atoms with E-state index in [4.69, 9.17) is 0 Å². The van der Waals surface area contributed by atoms with Crippen LogP contribution in [-0.2, 0) is 23.2 Å². The van der Waals surface area contributed by atoms with Gasteiger partial charge in [0, 0.05) is 0 Å². The average Bonchev–Trinajstić information content (AvgIpc) is 3.34. The number of halogens is 2. The first-order chi connectivity index (χ1) is 12.7. The number of hydrogen-bond acceptors (Lipinski definition) is 1. The molecule has 2 nitrogen and oxygen atoms in total. The van der Waals surface area contributed by atoms with Crippen molar-refractivity contribution in [2.45, 2.75) is 23.9 Å². The number of imidazole rings is 1. The minimum atomic E-state index is -0.791. The zero-order valence-corrected chi connectivity index (χ0v) is 19.8. The first-order valence-electron chi connectivity index (χ1n) is 9.09. The summed E-state index contributed by atoms with van der Waals surface area (Å²) < 4.78 is 4.62. The Hall–Kier alpha value is -1.41. The Labute approximate surface area is 189 Å². The van der Waals surface area contributed by atoms with Crippen molar-refractivity contribution in [2.75, 3.05) is 0 Å². The molecule has 1 heterocycles. The summed E-state index contributed by atoms with van der Waals surface area (Å²) >= 11 is -0.791. The quantitative estimate of drug-likeness (QED) is 0.502. The summed E-state index contributed by atoms with van der Waals surface area (Å²) in [4.78, 5) is 4.64. The van der Waals surface area contributed by atoms with Crippen molar-refractivity contribution in [3.63, 3.8) is 0 Å². The van der Waals surface area contributed by atoms with Crippen molar-refractivity contribution in [1.82, 2.24) is 9.55 Å². The Morgan fingerprint density at radius 3 is 2.54 bits per heavy atom. The van der Waals surface area contributed by atoms with Gasteiger partial charge in [-0.25, -0.2) is 0 Å². The molecule has 3 aromatic rings. The van der Waals surface area contributed by atoms with E-state index in [2.05, 4.69) is 84.1 Å². The number of benzene rings is 2. The number of hydrogen-bond donors (Lipinski definition) is 0. The van der Waals surface area contributed by atoms with Crippen molar-refractivity contribution >= 4 is 22.8 Å². The van der Waals surface area contributed by atoms with Gasteiger partial charge in [0.2, 0.25) is 0 Å². The third kappa shape index (κ3) is 3.49. The molecule has 0 saturated carbocycles. The zero-order chi connectivity index (χ0) is 17.7. The molecular formula is C23H20Cl2N2Zr. The van der Waals surface area contributed by atoms with Crippen LogP contribution in [0.4, 0.5) is 0 Å². The fourth-order valence-corrected chi connectivity index (χ4v) is 8.33. The summed E-state index contributed by atoms with van der Waals surface area (Å²) in [5, 5.41) is 0. The van der Waals surface area contributed by atoms with Gasteiger partial charge in [-0.15, -0.1) is 0 Å². The van der Waals surface area contributed by atoms with E-state index in [9.17, 15) is 0 Å². The molecule has 0 N–H and O–H groups in total. The molecule has 0 radical (unpaired) electrons. The van der Waals surface area contributed by atoms with Crippen LogP contribution in [0.25, 0.3) is 22.8 Å². The van der Waals surface area contributed by atoms with E-state index in [1.807, 2.05) is 6.33 Å². The molecule has 0 fully saturated rings. The molecule has 140 valence electrons. The maximum atomic E-state index is 4.64. The molecule has 0 aliphatic heterocycles. The number of para-hydroxylation sites is 2. The van der Waals surface area contributed by atoms with Crippen LogP contribution >= 0.6 is 0 Å². The molecule has 0 bridgehead atoms. The summed E-state index contributed by atoms with van der Waals surface area (Å²) in [6.07, 6.45) is 7.97. The fraction of sp³-hybridized carbons (Fsp3) is 0.174. The maximum absolute atomic E-state index is 4.64. The summed E-state index contributed by atoms with van der Waals surface area (Å²) in [6, 6.07) is 17.4. The van der Waals surface area contributed by atoms with Crippen LogP contribution in [0.3, 0.4) is 0 Å². The number of nitrogens with zero attached hydrogens (tertiary/aromatic N) is 2. The van der Waals surface area contributed by atoms with Crippen LogP contribution < -0.4 is 24.8 Å². The van der Waals surface area contributed by atoms with Gasteiger partial charge in [-0.3, -0.25) is 0 Å². The van der Waals surface area contributed by atoms with Crippen LogP contribution in [0.1, 0.15) is 35.0 Å². The van der Waals surface area contributed by atoms with Gasteiger partial charge in [0.15, 0.2) is 0 Å². The van der Waals surface area contributed by atoms with E-state index in [0.717, 1.165) is 5.52 Å². The van der Waals surface area contributed by atoms with Crippen molar-refractivity contribution < 1.29 is 48.0 Å². The number of rotatable bonds is 3. The van der Waals surface area contributed by atoms with Crippen LogP contribution in [0.5, 0.6) is 0 Å². The topological polar surface area (TPSA) is 17.8 Å². The molecule has 2 aliphatic carbocycles. The van der Waals surface area contributed by atoms with E-state index in [1.165, 1.54) is 34.3 Å². The second kappa shape index (κ2) is 8.53. The molecule has 1 aromatic heterocycles. The van der Waals surface area contributed by atoms with E-state index in [-0.39, 0.29) is 24.8 Å². The molecule has 1 unspecified atom stereocenters. The number of fused-ring (bicyclic) bond motifs is 2. The van der Waals surface area contributed by atoms with Gasteiger partial charge in [0.25, 0.3) is 0 Å². The number of allylic oxidation sites excluding steroid dienone is 5. The molecule has 28 heavy (non-hydrogen) atoms. The second-order valence-corrected chi connectivity index (χ2v) is 10.7. The van der Waals surface area contributed by atoms with Crippen molar-refractivity contribution in [3.05, 3.63) is 86.5 Å². The van der Waals surface area contributed by atoms with Gasteiger partial charge in [0.05, 0.1) is 0 Å². The fourth-order valence-electron chi connectivity index (χ4n) is 3.97. The molecule has 2 aliphatic rings. The van der Waals surface area contributed by atoms with Crippen molar-refractivity contribution in [3.8, 4) is 0 Å². The first-order valence-corrected chi connectivity index (χ1v) is 11.7. The van der Waals surface area contributed by atoms with Gasteiger partial charge >= 0.3 is 166 Å². The van der Waals surface area contributed by atoms with Crippen LogP contribution in [0.2, 0.25) is 0 Å². The largest absolute Gasteiger partial charge is 1.00 e. The van der Waals surface area contributed by atoms with Crippen LogP contribution in [0, 0.1) is 0 Å². The molecule has 1 atom stereocenters. The van der Waals surface area contributed by atoms with E-state index in [1.54, 1.807) is 8.85 Å². The minimum Gasteiger partial charge on any atom is -1.00 e. The van der Waals surface area contributed by atoms with E-state index < -0.39 is 23.2 Å². The smallest absolute Gasteiger partial charge is 1.00 e. The predicted molar refractivity (Wildman–Crippen MR) is 104 cm³/mol. The van der Waals surface area contributed by atoms with Crippen molar-refractivity contribution in [2.24, 2.45) is 0 Å². The standard InChI is InChI=1S/C16H11N2.C7H9.2ClH.Zr/c1-2-6-13-10-14(9-12(13)5-1)18-11-17-15-7-3-4-8-16(15)18;1-6-4-3-5-7(6)2;;;/h1-11H;4H,3H2,1-2H3;2*1H;/q;;;;+2/p-2. The third-order valence-electron chi connectivity index (χ3n) is 5.61. The monoisotopic (exact) mass is 484 g/mol. The second-order valence-electron chi connectivity index (χ2n) is 7.07. The van der Waals surface area contributed by atoms with Gasteiger partial charge in [-0.1, -0.05) is 0 Å². The molecule has 2 aromatic carbocycles. The van der Waals surface area contributed by atoms with Crippen molar-refractivity contribution in [1.29, 1.82) is 0 Å². The van der Waals surface area contributed by atoms with E-state index >= 15 is 0 Å². The Balaban J connectivity index is 0.00000112. The third-order valence-corrected chi connectivity index (χ3v) is 10.1. The summed E-state index contributed by atoms with van der Waals surface area (Å²) in [5.41, 5.74) is 9.62. The average molecular weight is 487 g/mol. The van der Waals surface area contributed by atoms with Crippen LogP contribution in [0.15, 0.2) is 75.4 Å². The van der Waals surface area contributed by atoms with Gasteiger partial charge in [-0.2, -0.15) is 0 Å². The predicted octanol–water partition coefficient (Wildman–Crippen LogP) is -0.196. The Kier molecular flexibility index (Phi) is 6.49. The summed E-state index contributed by atoms with van der Waals surface area (Å²) in [5.74, 6) is 0. The Morgan fingerprint density at radius 2 is 1.75 bits per heavy atom. The summed E-state index contributed by atoms with van der Waals surface area (Å²) in [6.45, 7) is 4.57. The van der Waals surface area contributed by atoms with Gasteiger partial charge in [0.1, 0.15) is 0 Å². The molecule has 5 heteroatoms. The number of aromatic nitrogens is 2. The minimum absolute atomic E-state index is 0. The Bertz CT molecular complexity index is 1120. The van der Waals surface area contributed by atoms with Crippen LogP contribution in [-0.4, -0.2) is 9.55 Å². The summed E-state index contributed by atoms with van der Waals surface area (Å²) in [7, 11) is 0. The first kappa shape index (κ1) is 21.3. The maximum Gasteiger partial charge on any atom is -1.00 e. The molecular weight excluding hydrogens is 466 g/mol. The molecule has 0 saturated heterocycles. The zero-order valence-electron chi connectivity index (χ0n) is 15.8. The van der Waals surface area contributed by atoms with Gasteiger partial charge in [-0.05, 0) is 0 Å². The van der Waals surface area contributed by atoms with Gasteiger partial charge < -0.3 is 24.8 Å². The molecule has 5 rings (SSSR count). The van der Waals surface area contributed by atoms with E-state index in [0.29, 0.717) is 3.63 Å². The Morgan fingerprint density at radius 1 is 1.00 bits per heavy atom.